The van der Waals surface area contributed by atoms with Crippen LogP contribution in [0.2, 0.25) is 0 Å². The summed E-state index contributed by atoms with van der Waals surface area (Å²) in [5.74, 6) is -0.869. The molecule has 1 heterocycles. The Hall–Kier alpha value is -5.01. The lowest BCUT2D eigenvalue weighted by molar-refractivity contribution is -0.146. The molecule has 3 aromatic carbocycles. The Balaban J connectivity index is 1.38. The van der Waals surface area contributed by atoms with Crippen molar-refractivity contribution >= 4 is 28.6 Å². The normalized spacial score (nSPS) is 10.8. The number of carbonyl (C=O) groups excluding carboxylic acids is 3. The van der Waals surface area contributed by atoms with E-state index in [0.717, 1.165) is 27.6 Å². The molecule has 0 saturated carbocycles. The first kappa shape index (κ1) is 30.0. The number of hydrogen-bond acceptors (Lipinski definition) is 7. The second-order valence-corrected chi connectivity index (χ2v) is 10.0. The molecular formula is C32H34N6O4. The number of ether oxygens (including phenoxy) is 1. The van der Waals surface area contributed by atoms with Crippen molar-refractivity contribution in [1.29, 1.82) is 5.26 Å². The number of rotatable bonds is 13. The zero-order valence-corrected chi connectivity index (χ0v) is 23.8. The van der Waals surface area contributed by atoms with E-state index in [2.05, 4.69) is 22.4 Å². The fourth-order valence-electron chi connectivity index (χ4n) is 4.64. The molecule has 0 saturated heterocycles. The minimum Gasteiger partial charge on any atom is -0.468 e. The number of fused-ring (bicyclic) bond motifs is 1. The van der Waals surface area contributed by atoms with Gasteiger partial charge in [-0.05, 0) is 34.0 Å². The van der Waals surface area contributed by atoms with Crippen LogP contribution in [0.3, 0.4) is 0 Å². The van der Waals surface area contributed by atoms with Crippen LogP contribution in [0.5, 0.6) is 0 Å². The van der Waals surface area contributed by atoms with Gasteiger partial charge in [0.05, 0.1) is 38.0 Å². The van der Waals surface area contributed by atoms with E-state index < -0.39 is 5.97 Å². The minimum absolute atomic E-state index is 0.0734. The first-order chi connectivity index (χ1) is 20.4. The monoisotopic (exact) mass is 566 g/mol. The van der Waals surface area contributed by atoms with Gasteiger partial charge in [-0.2, -0.15) is 5.26 Å². The number of imidazole rings is 1. The molecule has 0 aliphatic rings. The lowest BCUT2D eigenvalue weighted by Gasteiger charge is -2.25. The number of aromatic nitrogens is 2. The number of methoxy groups -OCH3 is 1. The third kappa shape index (κ3) is 8.25. The molecule has 0 fully saturated rings. The summed E-state index contributed by atoms with van der Waals surface area (Å²) in [6.07, 6.45) is 3.51. The summed E-state index contributed by atoms with van der Waals surface area (Å²) < 4.78 is 6.60. The number of esters is 1. The van der Waals surface area contributed by atoms with Crippen LogP contribution in [-0.2, 0) is 38.6 Å². The molecule has 0 aliphatic heterocycles. The van der Waals surface area contributed by atoms with Crippen molar-refractivity contribution in [2.75, 3.05) is 40.3 Å². The molecule has 0 atom stereocenters. The summed E-state index contributed by atoms with van der Waals surface area (Å²) in [5, 5.41) is 14.2. The molecule has 4 aromatic rings. The highest BCUT2D eigenvalue weighted by molar-refractivity contribution is 5.86. The smallest absolute Gasteiger partial charge is 0.325 e. The summed E-state index contributed by atoms with van der Waals surface area (Å²) in [6.45, 7) is 1.73. The zero-order valence-electron chi connectivity index (χ0n) is 23.8. The molecule has 42 heavy (non-hydrogen) atoms. The number of hydrogen-bond donors (Lipinski definition) is 1. The van der Waals surface area contributed by atoms with Gasteiger partial charge in [0.15, 0.2) is 0 Å². The number of amides is 2. The summed E-state index contributed by atoms with van der Waals surface area (Å²) >= 11 is 0. The van der Waals surface area contributed by atoms with Crippen molar-refractivity contribution in [3.63, 3.8) is 0 Å². The maximum atomic E-state index is 13.0. The molecule has 4 rings (SSSR count). The van der Waals surface area contributed by atoms with Gasteiger partial charge in [-0.15, -0.1) is 0 Å². The first-order valence-corrected chi connectivity index (χ1v) is 13.6. The van der Waals surface area contributed by atoms with Crippen LogP contribution in [0.15, 0.2) is 79.3 Å². The first-order valence-electron chi connectivity index (χ1n) is 13.6. The van der Waals surface area contributed by atoms with Crippen LogP contribution in [0.4, 0.5) is 0 Å². The van der Waals surface area contributed by atoms with Crippen molar-refractivity contribution in [3.05, 3.63) is 102 Å². The predicted molar refractivity (Wildman–Crippen MR) is 158 cm³/mol. The molecule has 2 amide bonds. The molecule has 0 unspecified atom stereocenters. The maximum absolute atomic E-state index is 13.0. The molecule has 0 spiro atoms. The van der Waals surface area contributed by atoms with Gasteiger partial charge in [-0.25, -0.2) is 4.98 Å². The molecule has 0 aliphatic carbocycles. The van der Waals surface area contributed by atoms with Crippen molar-refractivity contribution < 1.29 is 19.1 Å². The van der Waals surface area contributed by atoms with Crippen LogP contribution in [-0.4, -0.2) is 77.5 Å². The minimum atomic E-state index is -0.489. The molecular weight excluding hydrogens is 532 g/mol. The van der Waals surface area contributed by atoms with Crippen LogP contribution >= 0.6 is 0 Å². The van der Waals surface area contributed by atoms with E-state index in [1.165, 1.54) is 12.0 Å². The number of nitrogens with zero attached hydrogens (tertiary/aromatic N) is 5. The van der Waals surface area contributed by atoms with Crippen LogP contribution in [0.1, 0.15) is 22.4 Å². The Morgan fingerprint density at radius 2 is 1.79 bits per heavy atom. The Kier molecular flexibility index (Phi) is 10.4. The van der Waals surface area contributed by atoms with Gasteiger partial charge < -0.3 is 19.5 Å². The van der Waals surface area contributed by atoms with Crippen molar-refractivity contribution in [1.82, 2.24) is 24.7 Å². The second-order valence-electron chi connectivity index (χ2n) is 10.0. The summed E-state index contributed by atoms with van der Waals surface area (Å²) in [4.78, 5) is 45.0. The van der Waals surface area contributed by atoms with E-state index in [-0.39, 0.29) is 31.3 Å². The Bertz CT molecular complexity index is 1570. The second kappa shape index (κ2) is 14.6. The van der Waals surface area contributed by atoms with E-state index in [9.17, 15) is 14.4 Å². The standard InChI is InChI=1S/C32H34N6O4/c1-36(22-32(41)42-2)31(40)21-37(20-27-8-5-7-26-6-3-4-9-29(26)27)15-14-35-30(39)16-28-18-34-23-38(28)19-25-12-10-24(17-33)11-13-25/h3-13,18,23H,14-16,19-22H2,1-2H3,(H,35,39). The van der Waals surface area contributed by atoms with E-state index >= 15 is 0 Å². The Labute approximate surface area is 245 Å². The number of nitrogens with one attached hydrogen (secondary N) is 1. The average Bonchev–Trinajstić information content (AvgIpc) is 3.43. The third-order valence-electron chi connectivity index (χ3n) is 6.98. The Morgan fingerprint density at radius 3 is 2.55 bits per heavy atom. The van der Waals surface area contributed by atoms with Crippen LogP contribution in [0.25, 0.3) is 10.8 Å². The van der Waals surface area contributed by atoms with Gasteiger partial charge in [-0.1, -0.05) is 54.6 Å². The summed E-state index contributed by atoms with van der Waals surface area (Å²) in [7, 11) is 2.86. The summed E-state index contributed by atoms with van der Waals surface area (Å²) in [5.41, 5.74) is 3.42. The largest absolute Gasteiger partial charge is 0.468 e. The molecule has 1 N–H and O–H groups in total. The molecule has 1 aromatic heterocycles. The van der Waals surface area contributed by atoms with E-state index in [1.807, 2.05) is 58.0 Å². The van der Waals surface area contributed by atoms with E-state index in [4.69, 9.17) is 10.00 Å². The van der Waals surface area contributed by atoms with Crippen LogP contribution in [0, 0.1) is 11.3 Å². The molecule has 10 heteroatoms. The van der Waals surface area contributed by atoms with Crippen LogP contribution < -0.4 is 5.32 Å². The van der Waals surface area contributed by atoms with Gasteiger partial charge in [0.1, 0.15) is 6.54 Å². The lowest BCUT2D eigenvalue weighted by atomic mass is 10.0. The Morgan fingerprint density at radius 1 is 1.02 bits per heavy atom. The number of nitriles is 1. The number of benzene rings is 3. The van der Waals surface area contributed by atoms with Crippen molar-refractivity contribution in [2.45, 2.75) is 19.5 Å². The van der Waals surface area contributed by atoms with Gasteiger partial charge in [0.2, 0.25) is 11.8 Å². The molecule has 216 valence electrons. The third-order valence-corrected chi connectivity index (χ3v) is 6.98. The number of likely N-dealkylation sites (N-methyl/N-ethyl adjacent to an activating group) is 1. The molecule has 0 bridgehead atoms. The highest BCUT2D eigenvalue weighted by Crippen LogP contribution is 2.20. The van der Waals surface area contributed by atoms with Crippen molar-refractivity contribution in [2.24, 2.45) is 0 Å². The average molecular weight is 567 g/mol. The van der Waals surface area contributed by atoms with Gasteiger partial charge >= 0.3 is 5.97 Å². The lowest BCUT2D eigenvalue weighted by Crippen LogP contribution is -2.43. The highest BCUT2D eigenvalue weighted by Gasteiger charge is 2.19. The van der Waals surface area contributed by atoms with Crippen molar-refractivity contribution in [3.8, 4) is 6.07 Å². The van der Waals surface area contributed by atoms with E-state index in [0.29, 0.717) is 31.7 Å². The van der Waals surface area contributed by atoms with Gasteiger partial charge in [0.25, 0.3) is 0 Å². The van der Waals surface area contributed by atoms with Gasteiger partial charge in [0, 0.05) is 45.1 Å². The number of carbonyl (C=O) groups is 3. The SMILES string of the molecule is COC(=O)CN(C)C(=O)CN(CCNC(=O)Cc1cncn1Cc1ccc(C#N)cc1)Cc1cccc2ccccc12. The van der Waals surface area contributed by atoms with E-state index in [1.54, 1.807) is 31.7 Å². The zero-order chi connectivity index (χ0) is 29.9. The quantitative estimate of drug-likeness (QED) is 0.247. The maximum Gasteiger partial charge on any atom is 0.325 e. The molecule has 0 radical (unpaired) electrons. The fourth-order valence-corrected chi connectivity index (χ4v) is 4.64. The topological polar surface area (TPSA) is 121 Å². The summed E-state index contributed by atoms with van der Waals surface area (Å²) in [6, 6.07) is 23.5. The fraction of sp³-hybridized carbons (Fsp3) is 0.281. The highest BCUT2D eigenvalue weighted by atomic mass is 16.5. The molecule has 10 nitrogen and oxygen atoms in total. The predicted octanol–water partition coefficient (Wildman–Crippen LogP) is 2.75. The van der Waals surface area contributed by atoms with Gasteiger partial charge in [-0.3, -0.25) is 19.3 Å².